The molecular formula is C20H39O2Si. The van der Waals surface area contributed by atoms with Crippen molar-refractivity contribution < 1.29 is 8.85 Å². The van der Waals surface area contributed by atoms with Crippen molar-refractivity contribution >= 4 is 9.28 Å². The molecule has 0 heterocycles. The highest BCUT2D eigenvalue weighted by Gasteiger charge is 2.23. The summed E-state index contributed by atoms with van der Waals surface area (Å²) in [6.45, 7) is 9.58. The van der Waals surface area contributed by atoms with E-state index in [1.165, 1.54) is 64.2 Å². The monoisotopic (exact) mass is 339 g/mol. The molecule has 0 spiro atoms. The zero-order chi connectivity index (χ0) is 16.9. The second kappa shape index (κ2) is 13.1. The number of hydrogen-bond donors (Lipinski definition) is 0. The van der Waals surface area contributed by atoms with Crippen LogP contribution < -0.4 is 0 Å². The van der Waals surface area contributed by atoms with Crippen LogP contribution in [0.25, 0.3) is 0 Å². The highest BCUT2D eigenvalue weighted by Crippen LogP contribution is 2.26. The summed E-state index contributed by atoms with van der Waals surface area (Å²) in [6.07, 6.45) is 15.8. The lowest BCUT2D eigenvalue weighted by atomic mass is 10.00. The molecule has 1 saturated carbocycles. The van der Waals surface area contributed by atoms with Gasteiger partial charge in [-0.15, -0.1) is 0 Å². The van der Waals surface area contributed by atoms with Crippen LogP contribution in [0.2, 0.25) is 6.04 Å². The van der Waals surface area contributed by atoms with Gasteiger partial charge in [-0.1, -0.05) is 65.2 Å². The van der Waals surface area contributed by atoms with E-state index in [0.717, 1.165) is 30.2 Å². The van der Waals surface area contributed by atoms with Crippen LogP contribution in [0.3, 0.4) is 0 Å². The number of unbranched alkanes of at least 4 members (excludes halogenated alkanes) is 1. The van der Waals surface area contributed by atoms with E-state index >= 15 is 0 Å². The Hall–Kier alpha value is -0.283. The lowest BCUT2D eigenvalue weighted by Crippen LogP contribution is -2.25. The van der Waals surface area contributed by atoms with Gasteiger partial charge in [-0.25, -0.2) is 0 Å². The average molecular weight is 340 g/mol. The van der Waals surface area contributed by atoms with Crippen molar-refractivity contribution in [2.45, 2.75) is 97.9 Å². The summed E-state index contributed by atoms with van der Waals surface area (Å²) in [5.41, 5.74) is 0. The molecule has 1 atom stereocenters. The van der Waals surface area contributed by atoms with Crippen LogP contribution in [0, 0.1) is 11.8 Å². The van der Waals surface area contributed by atoms with Crippen molar-refractivity contribution in [2.24, 2.45) is 11.8 Å². The van der Waals surface area contributed by atoms with Crippen molar-refractivity contribution in [3.63, 3.8) is 0 Å². The van der Waals surface area contributed by atoms with Crippen molar-refractivity contribution in [2.75, 3.05) is 6.61 Å². The summed E-state index contributed by atoms with van der Waals surface area (Å²) in [4.78, 5) is 0. The molecule has 1 fully saturated rings. The molecular weight excluding hydrogens is 300 g/mol. The fraction of sp³-hybridized carbons (Fsp3) is 0.900. The van der Waals surface area contributed by atoms with Crippen LogP contribution in [-0.2, 0) is 8.85 Å². The second-order valence-corrected chi connectivity index (χ2v) is 8.70. The predicted octanol–water partition coefficient (Wildman–Crippen LogP) is 6.62. The molecule has 0 aliphatic heterocycles. The molecule has 1 unspecified atom stereocenters. The first-order valence-electron chi connectivity index (χ1n) is 10.0. The van der Waals surface area contributed by atoms with Gasteiger partial charge >= 0.3 is 9.28 Å². The molecule has 0 aromatic carbocycles. The molecule has 3 heteroatoms. The molecule has 0 amide bonds. The summed E-state index contributed by atoms with van der Waals surface area (Å²) in [6, 6.07) is 1.13. The van der Waals surface area contributed by atoms with Gasteiger partial charge in [0.25, 0.3) is 0 Å². The van der Waals surface area contributed by atoms with E-state index in [1.54, 1.807) is 0 Å². The van der Waals surface area contributed by atoms with Crippen LogP contribution in [0.15, 0.2) is 11.8 Å². The maximum absolute atomic E-state index is 6.29. The largest absolute Gasteiger partial charge is 0.523 e. The summed E-state index contributed by atoms with van der Waals surface area (Å²) >= 11 is 0. The minimum Gasteiger partial charge on any atom is -0.523 e. The standard InChI is InChI=1S/C20H39O2Si/c1-5-8-13-19(6-2)17-23(21-7-3)22-18(4)16-20-14-11-9-10-12-15-20/h16,19-20H,5-15,17H2,1-4H3. The SMILES string of the molecule is CCCCC(CC)C[Si](OCC)OC(C)=CC1CCCCCC1. The maximum Gasteiger partial charge on any atom is 0.457 e. The van der Waals surface area contributed by atoms with Crippen LogP contribution in [0.1, 0.15) is 91.9 Å². The van der Waals surface area contributed by atoms with Crippen LogP contribution in [-0.4, -0.2) is 15.9 Å². The number of allylic oxidation sites excluding steroid dienone is 2. The molecule has 135 valence electrons. The van der Waals surface area contributed by atoms with Gasteiger partial charge in [0.2, 0.25) is 0 Å². The summed E-state index contributed by atoms with van der Waals surface area (Å²) < 4.78 is 12.3. The smallest absolute Gasteiger partial charge is 0.457 e. The Bertz CT molecular complexity index is 309. The molecule has 1 radical (unpaired) electrons. The lowest BCUT2D eigenvalue weighted by molar-refractivity contribution is 0.237. The third-order valence-electron chi connectivity index (χ3n) is 4.95. The maximum atomic E-state index is 6.29. The molecule has 2 nitrogen and oxygen atoms in total. The van der Waals surface area contributed by atoms with E-state index in [2.05, 4.69) is 33.8 Å². The molecule has 0 aromatic heterocycles. The Morgan fingerprint density at radius 2 is 1.83 bits per heavy atom. The van der Waals surface area contributed by atoms with Gasteiger partial charge in [-0.2, -0.15) is 0 Å². The Morgan fingerprint density at radius 3 is 2.39 bits per heavy atom. The minimum atomic E-state index is -1.16. The highest BCUT2D eigenvalue weighted by atomic mass is 28.3. The first kappa shape index (κ1) is 20.8. The first-order valence-corrected chi connectivity index (χ1v) is 11.6. The minimum absolute atomic E-state index is 0.726. The van der Waals surface area contributed by atoms with Gasteiger partial charge in [0.1, 0.15) is 0 Å². The Labute approximate surface area is 146 Å². The third-order valence-corrected chi connectivity index (χ3v) is 7.02. The second-order valence-electron chi connectivity index (χ2n) is 7.06. The molecule has 23 heavy (non-hydrogen) atoms. The van der Waals surface area contributed by atoms with Gasteiger partial charge in [-0.05, 0) is 44.6 Å². The average Bonchev–Trinajstić information content (AvgIpc) is 2.80. The zero-order valence-electron chi connectivity index (χ0n) is 16.0. The van der Waals surface area contributed by atoms with Crippen molar-refractivity contribution in [1.29, 1.82) is 0 Å². The van der Waals surface area contributed by atoms with E-state index in [0.29, 0.717) is 0 Å². The quantitative estimate of drug-likeness (QED) is 0.239. The van der Waals surface area contributed by atoms with E-state index in [4.69, 9.17) is 8.85 Å². The van der Waals surface area contributed by atoms with Crippen LogP contribution >= 0.6 is 0 Å². The normalized spacial score (nSPS) is 18.9. The molecule has 1 aliphatic rings. The summed E-state index contributed by atoms with van der Waals surface area (Å²) in [5.74, 6) is 2.61. The highest BCUT2D eigenvalue weighted by molar-refractivity contribution is 6.44. The van der Waals surface area contributed by atoms with E-state index in [9.17, 15) is 0 Å². The van der Waals surface area contributed by atoms with Crippen LogP contribution in [0.5, 0.6) is 0 Å². The molecule has 0 bridgehead atoms. The molecule has 0 N–H and O–H groups in total. The number of rotatable bonds is 11. The van der Waals surface area contributed by atoms with Crippen molar-refractivity contribution in [3.05, 3.63) is 11.8 Å². The van der Waals surface area contributed by atoms with E-state index in [1.807, 2.05) is 0 Å². The third kappa shape index (κ3) is 9.56. The van der Waals surface area contributed by atoms with Crippen molar-refractivity contribution in [1.82, 2.24) is 0 Å². The Morgan fingerprint density at radius 1 is 1.13 bits per heavy atom. The Balaban J connectivity index is 2.51. The molecule has 0 aromatic rings. The van der Waals surface area contributed by atoms with Gasteiger partial charge in [0.15, 0.2) is 0 Å². The fourth-order valence-corrected chi connectivity index (χ4v) is 5.47. The number of hydrogen-bond acceptors (Lipinski definition) is 2. The van der Waals surface area contributed by atoms with Gasteiger partial charge in [0.05, 0.1) is 5.76 Å². The summed E-state index contributed by atoms with van der Waals surface area (Å²) in [7, 11) is -1.16. The van der Waals surface area contributed by atoms with Gasteiger partial charge < -0.3 is 8.85 Å². The van der Waals surface area contributed by atoms with Gasteiger partial charge in [-0.3, -0.25) is 0 Å². The van der Waals surface area contributed by atoms with Gasteiger partial charge in [0, 0.05) is 12.7 Å². The fourth-order valence-electron chi connectivity index (χ4n) is 3.49. The van der Waals surface area contributed by atoms with Crippen LogP contribution in [0.4, 0.5) is 0 Å². The predicted molar refractivity (Wildman–Crippen MR) is 102 cm³/mol. The summed E-state index contributed by atoms with van der Waals surface area (Å²) in [5, 5.41) is 0. The lowest BCUT2D eigenvalue weighted by Gasteiger charge is -2.21. The Kier molecular flexibility index (Phi) is 11.8. The van der Waals surface area contributed by atoms with Crippen molar-refractivity contribution in [3.8, 4) is 0 Å². The molecule has 1 aliphatic carbocycles. The molecule has 1 rings (SSSR count). The molecule has 0 saturated heterocycles. The topological polar surface area (TPSA) is 18.5 Å². The zero-order valence-corrected chi connectivity index (χ0v) is 17.0. The van der Waals surface area contributed by atoms with E-state index in [-0.39, 0.29) is 0 Å². The first-order chi connectivity index (χ1) is 11.2. The van der Waals surface area contributed by atoms with E-state index < -0.39 is 9.28 Å².